The molecule has 0 amide bonds. The Morgan fingerprint density at radius 1 is 1.00 bits per heavy atom. The molecule has 0 radical (unpaired) electrons. The van der Waals surface area contributed by atoms with Gasteiger partial charge in [-0.1, -0.05) is 19.8 Å². The topological polar surface area (TPSA) is 60.1 Å². The van der Waals surface area contributed by atoms with Crippen LogP contribution in [0.25, 0.3) is 21.8 Å². The number of aromatic nitrogens is 3. The lowest BCUT2D eigenvalue weighted by molar-refractivity contribution is 0.590. The molecule has 6 heteroatoms. The maximum Gasteiger partial charge on any atom is 0.278 e. The molecular weight excluding hydrogens is 304 g/mol. The van der Waals surface area contributed by atoms with E-state index in [0.29, 0.717) is 28.4 Å². The third kappa shape index (κ3) is 2.79. The maximum atomic E-state index is 12.7. The first-order valence-corrected chi connectivity index (χ1v) is 8.26. The number of aryl methyl sites for hydroxylation is 1. The van der Waals surface area contributed by atoms with E-state index in [1.54, 1.807) is 48.2 Å². The largest absolute Gasteiger partial charge is 0.316 e. The minimum absolute atomic E-state index is 0.0855. The van der Waals surface area contributed by atoms with Crippen LogP contribution in [0.3, 0.4) is 0 Å². The van der Waals surface area contributed by atoms with Gasteiger partial charge in [-0.05, 0) is 24.6 Å². The first kappa shape index (κ1) is 16.2. The highest BCUT2D eigenvalue weighted by molar-refractivity contribution is 5.91. The minimum Gasteiger partial charge on any atom is -0.316 e. The standard InChI is InChI=1S/C18H22N4O2/c1-4-5-6-9-21-10-7-15-13(17(21)23)12-14-16(19-15)8-11-22(18(14)24)20(2)3/h7-8,10-12H,4-6,9H2,1-3H3. The Labute approximate surface area is 139 Å². The van der Waals surface area contributed by atoms with Gasteiger partial charge in [0.2, 0.25) is 0 Å². The lowest BCUT2D eigenvalue weighted by Gasteiger charge is -2.16. The van der Waals surface area contributed by atoms with Gasteiger partial charge in [0.1, 0.15) is 0 Å². The second-order valence-corrected chi connectivity index (χ2v) is 6.19. The van der Waals surface area contributed by atoms with Crippen molar-refractivity contribution >= 4 is 21.8 Å². The van der Waals surface area contributed by atoms with Crippen LogP contribution in [-0.4, -0.2) is 28.3 Å². The number of nitrogens with zero attached hydrogens (tertiary/aromatic N) is 4. The molecular formula is C18H22N4O2. The van der Waals surface area contributed by atoms with E-state index in [1.165, 1.54) is 4.68 Å². The summed E-state index contributed by atoms with van der Waals surface area (Å²) in [6.45, 7) is 2.83. The summed E-state index contributed by atoms with van der Waals surface area (Å²) in [6, 6.07) is 5.32. The Bertz CT molecular complexity index is 1000. The Hall–Kier alpha value is -2.63. The summed E-state index contributed by atoms with van der Waals surface area (Å²) in [5.74, 6) is 0. The van der Waals surface area contributed by atoms with Gasteiger partial charge >= 0.3 is 0 Å². The van der Waals surface area contributed by atoms with E-state index in [2.05, 4.69) is 11.9 Å². The van der Waals surface area contributed by atoms with E-state index in [0.717, 1.165) is 19.3 Å². The Morgan fingerprint density at radius 3 is 2.33 bits per heavy atom. The molecule has 3 aromatic rings. The molecule has 0 aliphatic heterocycles. The minimum atomic E-state index is -0.173. The zero-order chi connectivity index (χ0) is 17.3. The second kappa shape index (κ2) is 6.47. The summed E-state index contributed by atoms with van der Waals surface area (Å²) in [5.41, 5.74) is 0.973. The van der Waals surface area contributed by atoms with Gasteiger partial charge in [-0.3, -0.25) is 9.59 Å². The highest BCUT2D eigenvalue weighted by atomic mass is 16.1. The van der Waals surface area contributed by atoms with Crippen molar-refractivity contribution in [2.24, 2.45) is 0 Å². The van der Waals surface area contributed by atoms with Gasteiger partial charge in [-0.15, -0.1) is 0 Å². The lowest BCUT2D eigenvalue weighted by Crippen LogP contribution is -2.35. The Kier molecular flexibility index (Phi) is 4.38. The highest BCUT2D eigenvalue weighted by Crippen LogP contribution is 2.14. The summed E-state index contributed by atoms with van der Waals surface area (Å²) >= 11 is 0. The molecule has 126 valence electrons. The molecule has 0 aromatic carbocycles. The normalized spacial score (nSPS) is 11.3. The van der Waals surface area contributed by atoms with Crippen molar-refractivity contribution in [3.05, 3.63) is 51.3 Å². The predicted molar refractivity (Wildman–Crippen MR) is 97.4 cm³/mol. The number of rotatable bonds is 5. The van der Waals surface area contributed by atoms with Crippen molar-refractivity contribution in [2.75, 3.05) is 19.1 Å². The molecule has 0 fully saturated rings. The fraction of sp³-hybridized carbons (Fsp3) is 0.389. The highest BCUT2D eigenvalue weighted by Gasteiger charge is 2.10. The molecule has 0 saturated heterocycles. The van der Waals surface area contributed by atoms with Crippen molar-refractivity contribution in [3.8, 4) is 0 Å². The van der Waals surface area contributed by atoms with Crippen molar-refractivity contribution in [2.45, 2.75) is 32.7 Å². The van der Waals surface area contributed by atoms with Crippen LogP contribution >= 0.6 is 0 Å². The average molecular weight is 326 g/mol. The van der Waals surface area contributed by atoms with Crippen LogP contribution in [0.15, 0.2) is 40.2 Å². The molecule has 3 aromatic heterocycles. The van der Waals surface area contributed by atoms with Crippen molar-refractivity contribution in [1.82, 2.24) is 14.2 Å². The van der Waals surface area contributed by atoms with E-state index in [1.807, 2.05) is 6.07 Å². The fourth-order valence-electron chi connectivity index (χ4n) is 2.88. The summed E-state index contributed by atoms with van der Waals surface area (Å²) in [7, 11) is 3.59. The molecule has 0 aliphatic carbocycles. The fourth-order valence-corrected chi connectivity index (χ4v) is 2.88. The van der Waals surface area contributed by atoms with Gasteiger partial charge in [0.05, 0.1) is 21.8 Å². The summed E-state index contributed by atoms with van der Waals surface area (Å²) in [6.07, 6.45) is 6.65. The van der Waals surface area contributed by atoms with Crippen LogP contribution < -0.4 is 16.1 Å². The Balaban J connectivity index is 2.20. The van der Waals surface area contributed by atoms with Crippen LogP contribution in [0.5, 0.6) is 0 Å². The predicted octanol–water partition coefficient (Wildman–Crippen LogP) is 2.10. The molecule has 3 heterocycles. The van der Waals surface area contributed by atoms with Gasteiger partial charge in [0.15, 0.2) is 0 Å². The first-order chi connectivity index (χ1) is 11.5. The molecule has 0 N–H and O–H groups in total. The van der Waals surface area contributed by atoms with Crippen LogP contribution in [0, 0.1) is 0 Å². The van der Waals surface area contributed by atoms with Crippen LogP contribution in [0.4, 0.5) is 0 Å². The number of pyridine rings is 3. The molecule has 0 unspecified atom stereocenters. The summed E-state index contributed by atoms with van der Waals surface area (Å²) in [5, 5.41) is 2.65. The van der Waals surface area contributed by atoms with E-state index in [-0.39, 0.29) is 11.1 Å². The number of hydrogen-bond donors (Lipinski definition) is 0. The van der Waals surface area contributed by atoms with E-state index >= 15 is 0 Å². The first-order valence-electron chi connectivity index (χ1n) is 8.26. The van der Waals surface area contributed by atoms with Crippen molar-refractivity contribution in [3.63, 3.8) is 0 Å². The van der Waals surface area contributed by atoms with Gasteiger partial charge in [-0.25, -0.2) is 9.66 Å². The maximum absolute atomic E-state index is 12.7. The number of hydrogen-bond acceptors (Lipinski definition) is 4. The van der Waals surface area contributed by atoms with Gasteiger partial charge in [0.25, 0.3) is 11.1 Å². The monoisotopic (exact) mass is 326 g/mol. The van der Waals surface area contributed by atoms with Crippen LogP contribution in [-0.2, 0) is 6.54 Å². The molecule has 3 rings (SSSR count). The van der Waals surface area contributed by atoms with Crippen LogP contribution in [0.1, 0.15) is 26.2 Å². The molecule has 0 bridgehead atoms. The Morgan fingerprint density at radius 2 is 1.67 bits per heavy atom. The molecule has 24 heavy (non-hydrogen) atoms. The zero-order valence-electron chi connectivity index (χ0n) is 14.3. The molecule has 0 spiro atoms. The summed E-state index contributed by atoms with van der Waals surface area (Å²) in [4.78, 5) is 29.8. The number of unbranched alkanes of at least 4 members (excludes halogenated alkanes) is 2. The molecule has 0 aliphatic rings. The van der Waals surface area contributed by atoms with E-state index < -0.39 is 0 Å². The smallest absolute Gasteiger partial charge is 0.278 e. The third-order valence-corrected chi connectivity index (χ3v) is 4.23. The molecule has 0 saturated carbocycles. The van der Waals surface area contributed by atoms with Gasteiger partial charge < -0.3 is 9.58 Å². The van der Waals surface area contributed by atoms with Gasteiger partial charge in [-0.2, -0.15) is 0 Å². The average Bonchev–Trinajstić information content (AvgIpc) is 2.56. The third-order valence-electron chi connectivity index (χ3n) is 4.23. The zero-order valence-corrected chi connectivity index (χ0v) is 14.3. The van der Waals surface area contributed by atoms with E-state index in [4.69, 9.17) is 0 Å². The molecule has 0 atom stereocenters. The second-order valence-electron chi connectivity index (χ2n) is 6.19. The summed E-state index contributed by atoms with van der Waals surface area (Å²) < 4.78 is 3.21. The SMILES string of the molecule is CCCCCn1ccc2nc3ccn(N(C)C)c(=O)c3cc2c1=O. The lowest BCUT2D eigenvalue weighted by atomic mass is 10.2. The van der Waals surface area contributed by atoms with Gasteiger partial charge in [0, 0.05) is 33.0 Å². The van der Waals surface area contributed by atoms with Crippen molar-refractivity contribution < 1.29 is 0 Å². The molecule has 6 nitrogen and oxygen atoms in total. The quantitative estimate of drug-likeness (QED) is 0.532. The van der Waals surface area contributed by atoms with Crippen LogP contribution in [0.2, 0.25) is 0 Å². The van der Waals surface area contributed by atoms with E-state index in [9.17, 15) is 9.59 Å². The number of fused-ring (bicyclic) bond motifs is 2. The van der Waals surface area contributed by atoms with Crippen molar-refractivity contribution in [1.29, 1.82) is 0 Å².